The zero-order chi connectivity index (χ0) is 18.0. The average molecular weight is 340 g/mol. The fourth-order valence-corrected chi connectivity index (χ4v) is 2.78. The molecule has 0 radical (unpaired) electrons. The number of H-pyrrole nitrogens is 1. The summed E-state index contributed by atoms with van der Waals surface area (Å²) in [6.07, 6.45) is 4.41. The summed E-state index contributed by atoms with van der Waals surface area (Å²) in [6, 6.07) is 5.91. The molecule has 8 nitrogen and oxygen atoms in total. The van der Waals surface area contributed by atoms with E-state index in [1.807, 2.05) is 25.1 Å². The molecule has 1 aromatic carbocycles. The van der Waals surface area contributed by atoms with Gasteiger partial charge in [-0.05, 0) is 30.5 Å². The highest BCUT2D eigenvalue weighted by Crippen LogP contribution is 2.26. The summed E-state index contributed by atoms with van der Waals surface area (Å²) in [4.78, 5) is 19.2. The van der Waals surface area contributed by atoms with E-state index >= 15 is 0 Å². The number of amides is 1. The minimum Gasteiger partial charge on any atom is -0.340 e. The van der Waals surface area contributed by atoms with Crippen molar-refractivity contribution in [2.24, 2.45) is 5.92 Å². The van der Waals surface area contributed by atoms with Gasteiger partial charge in [-0.15, -0.1) is 5.10 Å². The number of aromatic amines is 1. The van der Waals surface area contributed by atoms with E-state index in [0.717, 1.165) is 22.4 Å². The van der Waals surface area contributed by atoms with Gasteiger partial charge < -0.3 is 4.98 Å². The van der Waals surface area contributed by atoms with Crippen LogP contribution in [0.15, 0.2) is 30.5 Å². The summed E-state index contributed by atoms with van der Waals surface area (Å²) < 4.78 is 1.73. The van der Waals surface area contributed by atoms with Crippen LogP contribution in [0.1, 0.15) is 37.0 Å². The standard InChI is InChI=1S/C17H20N6O2/c1-10(2)16(17-18-13-6-4-5-11(3)15(13)19-17)23-9-12(20-22-23)7-8-14(24)21-25/h4-10,16,25H,1-3H3,(H,18,19)(H,21,24)/b8-7+. The van der Waals surface area contributed by atoms with E-state index in [2.05, 4.69) is 29.1 Å². The number of carbonyl (C=O) groups excluding carboxylic acids is 1. The van der Waals surface area contributed by atoms with Crippen LogP contribution in [-0.4, -0.2) is 36.1 Å². The molecule has 0 aliphatic carbocycles. The van der Waals surface area contributed by atoms with Gasteiger partial charge in [-0.25, -0.2) is 15.1 Å². The topological polar surface area (TPSA) is 109 Å². The Morgan fingerprint density at radius 2 is 2.20 bits per heavy atom. The number of benzene rings is 1. The van der Waals surface area contributed by atoms with Crippen LogP contribution in [0.4, 0.5) is 0 Å². The van der Waals surface area contributed by atoms with Crippen molar-refractivity contribution in [3.05, 3.63) is 47.6 Å². The first-order valence-corrected chi connectivity index (χ1v) is 7.99. The Morgan fingerprint density at radius 1 is 1.40 bits per heavy atom. The number of fused-ring (bicyclic) bond motifs is 1. The van der Waals surface area contributed by atoms with Crippen LogP contribution < -0.4 is 5.48 Å². The first-order chi connectivity index (χ1) is 12.0. The number of para-hydroxylation sites is 1. The average Bonchev–Trinajstić information content (AvgIpc) is 3.20. The largest absolute Gasteiger partial charge is 0.340 e. The zero-order valence-electron chi connectivity index (χ0n) is 14.3. The Morgan fingerprint density at radius 3 is 2.88 bits per heavy atom. The monoisotopic (exact) mass is 340 g/mol. The molecule has 0 aliphatic rings. The van der Waals surface area contributed by atoms with Crippen molar-refractivity contribution in [2.45, 2.75) is 26.8 Å². The van der Waals surface area contributed by atoms with Gasteiger partial charge in [-0.1, -0.05) is 31.2 Å². The van der Waals surface area contributed by atoms with E-state index in [9.17, 15) is 4.79 Å². The second kappa shape index (κ2) is 6.86. The molecule has 3 aromatic rings. The van der Waals surface area contributed by atoms with E-state index in [1.165, 1.54) is 17.6 Å². The highest BCUT2D eigenvalue weighted by atomic mass is 16.5. The lowest BCUT2D eigenvalue weighted by molar-refractivity contribution is -0.124. The molecule has 0 bridgehead atoms. The molecule has 1 atom stereocenters. The minimum atomic E-state index is -0.622. The molecule has 0 saturated carbocycles. The fourth-order valence-electron chi connectivity index (χ4n) is 2.78. The smallest absolute Gasteiger partial charge is 0.267 e. The van der Waals surface area contributed by atoms with Gasteiger partial charge in [-0.2, -0.15) is 0 Å². The Hall–Kier alpha value is -3.00. The van der Waals surface area contributed by atoms with Gasteiger partial charge in [0.1, 0.15) is 17.6 Å². The van der Waals surface area contributed by atoms with Crippen molar-refractivity contribution in [2.75, 3.05) is 0 Å². The van der Waals surface area contributed by atoms with E-state index in [4.69, 9.17) is 10.2 Å². The molecule has 25 heavy (non-hydrogen) atoms. The van der Waals surface area contributed by atoms with E-state index in [1.54, 1.807) is 10.9 Å². The Labute approximate surface area is 144 Å². The highest BCUT2D eigenvalue weighted by Gasteiger charge is 2.23. The van der Waals surface area contributed by atoms with Crippen molar-refractivity contribution < 1.29 is 10.0 Å². The van der Waals surface area contributed by atoms with Gasteiger partial charge >= 0.3 is 0 Å². The van der Waals surface area contributed by atoms with E-state index in [-0.39, 0.29) is 12.0 Å². The first kappa shape index (κ1) is 16.8. The lowest BCUT2D eigenvalue weighted by atomic mass is 10.0. The summed E-state index contributed by atoms with van der Waals surface area (Å²) in [7, 11) is 0. The summed E-state index contributed by atoms with van der Waals surface area (Å²) in [5.74, 6) is 0.413. The van der Waals surface area contributed by atoms with Crippen molar-refractivity contribution in [1.29, 1.82) is 0 Å². The second-order valence-corrected chi connectivity index (χ2v) is 6.21. The number of nitrogens with zero attached hydrogens (tertiary/aromatic N) is 4. The second-order valence-electron chi connectivity index (χ2n) is 6.21. The third kappa shape index (κ3) is 3.43. The first-order valence-electron chi connectivity index (χ1n) is 7.99. The Kier molecular flexibility index (Phi) is 4.62. The SMILES string of the molecule is Cc1cccc2[nH]c(C(C(C)C)n3cc(/C=C/C(=O)NO)nn3)nc12. The molecule has 3 rings (SSSR count). The molecule has 1 unspecified atom stereocenters. The van der Waals surface area contributed by atoms with Crippen LogP contribution in [0.3, 0.4) is 0 Å². The van der Waals surface area contributed by atoms with Crippen molar-refractivity contribution in [3.8, 4) is 0 Å². The van der Waals surface area contributed by atoms with E-state index in [0.29, 0.717) is 5.69 Å². The number of aromatic nitrogens is 5. The number of aryl methyl sites for hydroxylation is 1. The molecule has 1 amide bonds. The van der Waals surface area contributed by atoms with Gasteiger partial charge in [0, 0.05) is 6.08 Å². The number of hydrogen-bond acceptors (Lipinski definition) is 5. The molecule has 0 fully saturated rings. The van der Waals surface area contributed by atoms with Gasteiger partial charge in [-0.3, -0.25) is 10.0 Å². The summed E-state index contributed by atoms with van der Waals surface area (Å²) >= 11 is 0. The number of imidazole rings is 1. The molecule has 0 spiro atoms. The molecular weight excluding hydrogens is 320 g/mol. The summed E-state index contributed by atoms with van der Waals surface area (Å²) in [5.41, 5.74) is 5.09. The lowest BCUT2D eigenvalue weighted by Gasteiger charge is -2.18. The predicted octanol–water partition coefficient (Wildman–Crippen LogP) is 2.23. The number of nitrogens with one attached hydrogen (secondary N) is 2. The van der Waals surface area contributed by atoms with Gasteiger partial charge in [0.2, 0.25) is 0 Å². The fraction of sp³-hybridized carbons (Fsp3) is 0.294. The normalized spacial score (nSPS) is 13.0. The maximum absolute atomic E-state index is 11.1. The van der Waals surface area contributed by atoms with Crippen LogP contribution in [0.2, 0.25) is 0 Å². The zero-order valence-corrected chi connectivity index (χ0v) is 14.3. The molecule has 2 heterocycles. The molecule has 130 valence electrons. The third-order valence-corrected chi connectivity index (χ3v) is 3.97. The molecule has 2 aromatic heterocycles. The summed E-state index contributed by atoms with van der Waals surface area (Å²) in [6.45, 7) is 6.20. The van der Waals surface area contributed by atoms with Gasteiger partial charge in [0.15, 0.2) is 0 Å². The molecule has 0 aliphatic heterocycles. The minimum absolute atomic E-state index is 0.117. The number of hydrogen-bond donors (Lipinski definition) is 3. The van der Waals surface area contributed by atoms with Crippen LogP contribution in [0.5, 0.6) is 0 Å². The van der Waals surface area contributed by atoms with Crippen molar-refractivity contribution in [1.82, 2.24) is 30.4 Å². The van der Waals surface area contributed by atoms with Crippen LogP contribution >= 0.6 is 0 Å². The predicted molar refractivity (Wildman–Crippen MR) is 92.8 cm³/mol. The number of rotatable bonds is 5. The van der Waals surface area contributed by atoms with Crippen molar-refractivity contribution >= 4 is 23.0 Å². The van der Waals surface area contributed by atoms with Crippen LogP contribution in [-0.2, 0) is 4.79 Å². The Bertz CT molecular complexity index is 924. The highest BCUT2D eigenvalue weighted by molar-refractivity contribution is 5.90. The Balaban J connectivity index is 1.96. The number of hydroxylamine groups is 1. The molecule has 8 heteroatoms. The van der Waals surface area contributed by atoms with Crippen molar-refractivity contribution in [3.63, 3.8) is 0 Å². The lowest BCUT2D eigenvalue weighted by Crippen LogP contribution is -2.18. The van der Waals surface area contributed by atoms with Crippen LogP contribution in [0.25, 0.3) is 17.1 Å². The molecular formula is C17H20N6O2. The molecule has 0 saturated heterocycles. The van der Waals surface area contributed by atoms with Crippen LogP contribution in [0, 0.1) is 12.8 Å². The van der Waals surface area contributed by atoms with Gasteiger partial charge in [0.05, 0.1) is 17.2 Å². The quantitative estimate of drug-likeness (QED) is 0.375. The number of carbonyl (C=O) groups is 1. The maximum atomic E-state index is 11.1. The molecule has 3 N–H and O–H groups in total. The third-order valence-electron chi connectivity index (χ3n) is 3.97. The maximum Gasteiger partial charge on any atom is 0.267 e. The van der Waals surface area contributed by atoms with E-state index < -0.39 is 5.91 Å². The summed E-state index contributed by atoms with van der Waals surface area (Å²) in [5, 5.41) is 16.7. The van der Waals surface area contributed by atoms with Gasteiger partial charge in [0.25, 0.3) is 5.91 Å².